The molecular formula is C62H62Br2N8O8S2Si2. The molecule has 0 N–H and O–H groups in total. The Balaban J connectivity index is 0.000000202. The highest BCUT2D eigenvalue weighted by Gasteiger charge is 2.31. The fraction of sp³-hybridized carbons (Fsp3) is 0.258. The number of carbonyl (C=O) groups is 2. The Morgan fingerprint density at radius 2 is 0.940 bits per heavy atom. The molecule has 0 bridgehead atoms. The average Bonchev–Trinajstić information content (AvgIpc) is 2.98. The van der Waals surface area contributed by atoms with Gasteiger partial charge in [0, 0.05) is 72.6 Å². The third-order valence-electron chi connectivity index (χ3n) is 14.4. The molecule has 0 spiro atoms. The summed E-state index contributed by atoms with van der Waals surface area (Å²) in [7, 11) is -10.5. The summed E-state index contributed by atoms with van der Waals surface area (Å²) < 4.78 is 73.7. The zero-order valence-electron chi connectivity index (χ0n) is 48.2. The van der Waals surface area contributed by atoms with Crippen LogP contribution in [0.3, 0.4) is 0 Å². The minimum absolute atomic E-state index is 0.0897. The molecule has 0 unspecified atom stereocenters. The van der Waals surface area contributed by atoms with Crippen molar-refractivity contribution in [2.24, 2.45) is 0 Å². The van der Waals surface area contributed by atoms with Gasteiger partial charge in [0.15, 0.2) is 11.6 Å². The smallest absolute Gasteiger partial charge is 0.268 e. The van der Waals surface area contributed by atoms with Crippen molar-refractivity contribution >= 4 is 123 Å². The van der Waals surface area contributed by atoms with Crippen LogP contribution in [0.4, 0.5) is 0 Å². The molecule has 0 aliphatic rings. The van der Waals surface area contributed by atoms with Crippen molar-refractivity contribution in [2.75, 3.05) is 13.2 Å². The zero-order chi connectivity index (χ0) is 60.8. The molecule has 84 heavy (non-hydrogen) atoms. The summed E-state index contributed by atoms with van der Waals surface area (Å²) in [4.78, 5) is 38.2. The number of aromatic nitrogens is 6. The van der Waals surface area contributed by atoms with Gasteiger partial charge >= 0.3 is 0 Å². The first-order chi connectivity index (χ1) is 39.6. The van der Waals surface area contributed by atoms with Crippen LogP contribution in [-0.4, -0.2) is 84.8 Å². The van der Waals surface area contributed by atoms with E-state index in [1.807, 2.05) is 27.7 Å². The summed E-state index contributed by atoms with van der Waals surface area (Å²) in [6, 6.07) is 36.5. The average molecular weight is 1330 g/mol. The number of ether oxygens (including phenoxy) is 2. The van der Waals surface area contributed by atoms with Crippen molar-refractivity contribution < 1.29 is 35.9 Å². The lowest BCUT2D eigenvalue weighted by Gasteiger charge is -2.16. The predicted octanol–water partition coefficient (Wildman–Crippen LogP) is 14.0. The summed E-state index contributed by atoms with van der Waals surface area (Å²) in [5.41, 5.74) is 7.95. The van der Waals surface area contributed by atoms with Crippen LogP contribution in [0.2, 0.25) is 51.4 Å². The van der Waals surface area contributed by atoms with Crippen LogP contribution in [0.5, 0.6) is 0 Å². The van der Waals surface area contributed by atoms with Gasteiger partial charge in [0.25, 0.3) is 20.0 Å². The lowest BCUT2D eigenvalue weighted by atomic mass is 10.0. The number of hydrogen-bond donors (Lipinski definition) is 0. The molecular weight excluding hydrogens is 1260 g/mol. The van der Waals surface area contributed by atoms with Crippen molar-refractivity contribution in [3.63, 3.8) is 0 Å². The van der Waals surface area contributed by atoms with Crippen LogP contribution in [0.25, 0.3) is 43.9 Å². The van der Waals surface area contributed by atoms with Gasteiger partial charge in [0.1, 0.15) is 13.5 Å². The Labute approximate surface area is 507 Å². The molecule has 22 heteroatoms. The Kier molecular flexibility index (Phi) is 17.6. The van der Waals surface area contributed by atoms with Gasteiger partial charge in [-0.3, -0.25) is 18.7 Å². The SMILES string of the molecule is Cc1ccc(S(=O)(=O)n2ccc3c(C(=O)c4nc5cc(C#N)ccc5n4COCC[Si](C)(C)C)c(Br)cc(C)c32)cc1.Cc1ccc(S(=O)(=O)n2ccc3c(C(=O)c4nc5ccc(C#N)cc5n4COCC[Si](C)(C)C)c(Br)cc(C)c32)cc1. The van der Waals surface area contributed by atoms with Gasteiger partial charge in [-0.2, -0.15) is 10.5 Å². The molecule has 10 rings (SSSR count). The summed E-state index contributed by atoms with van der Waals surface area (Å²) in [6.07, 6.45) is 2.97. The van der Waals surface area contributed by atoms with Crippen molar-refractivity contribution in [1.29, 1.82) is 10.5 Å². The molecule has 4 heterocycles. The Hall–Kier alpha value is -7.13. The maximum absolute atomic E-state index is 14.3. The molecule has 4 aromatic heterocycles. The third-order valence-corrected chi connectivity index (χ3v) is 22.4. The van der Waals surface area contributed by atoms with Gasteiger partial charge in [-0.05, 0) is 168 Å². The van der Waals surface area contributed by atoms with E-state index >= 15 is 0 Å². The van der Waals surface area contributed by atoms with E-state index in [0.717, 1.165) is 23.2 Å². The quantitative estimate of drug-likeness (QED) is 0.0446. The van der Waals surface area contributed by atoms with Crippen molar-refractivity contribution in [3.8, 4) is 12.1 Å². The topological polar surface area (TPSA) is 214 Å². The number of rotatable bonds is 18. The molecule has 0 saturated carbocycles. The Bertz CT molecular complexity index is 4410. The molecule has 0 radical (unpaired) electrons. The summed E-state index contributed by atoms with van der Waals surface area (Å²) in [5, 5.41) is 19.9. The highest BCUT2D eigenvalue weighted by molar-refractivity contribution is 9.10. The van der Waals surface area contributed by atoms with E-state index < -0.39 is 36.2 Å². The number of halogens is 2. The first kappa shape index (κ1) is 61.4. The second-order valence-corrected chi connectivity index (χ2v) is 39.8. The number of nitrogens with zero attached hydrogens (tertiary/aromatic N) is 8. The number of nitriles is 2. The molecule has 0 aliphatic heterocycles. The van der Waals surface area contributed by atoms with Crippen molar-refractivity contribution in [3.05, 3.63) is 187 Å². The molecule has 0 aliphatic carbocycles. The third kappa shape index (κ3) is 12.5. The van der Waals surface area contributed by atoms with Crippen LogP contribution < -0.4 is 0 Å². The fourth-order valence-corrected chi connectivity index (χ4v) is 15.5. The van der Waals surface area contributed by atoms with Crippen LogP contribution in [0, 0.1) is 50.4 Å². The first-order valence-corrected chi connectivity index (χ1v) is 38.8. The molecule has 0 saturated heterocycles. The number of fused-ring (bicyclic) bond motifs is 4. The maximum Gasteiger partial charge on any atom is 0.268 e. The summed E-state index contributed by atoms with van der Waals surface area (Å²) in [6.45, 7) is 22.3. The largest absolute Gasteiger partial charge is 0.361 e. The predicted molar refractivity (Wildman–Crippen MR) is 340 cm³/mol. The molecule has 432 valence electrons. The van der Waals surface area contributed by atoms with Gasteiger partial charge in [-0.15, -0.1) is 0 Å². The van der Waals surface area contributed by atoms with Gasteiger partial charge in [0.05, 0.1) is 66.2 Å². The van der Waals surface area contributed by atoms with Gasteiger partial charge < -0.3 is 9.47 Å². The van der Waals surface area contributed by atoms with E-state index in [0.29, 0.717) is 99.4 Å². The number of imidazole rings is 2. The van der Waals surface area contributed by atoms with Crippen molar-refractivity contribution in [2.45, 2.75) is 102 Å². The molecule has 10 aromatic rings. The van der Waals surface area contributed by atoms with E-state index in [2.05, 4.69) is 93.2 Å². The Morgan fingerprint density at radius 3 is 1.37 bits per heavy atom. The Morgan fingerprint density at radius 1 is 0.536 bits per heavy atom. The maximum atomic E-state index is 14.3. The monoisotopic (exact) mass is 1320 g/mol. The number of hydrogen-bond acceptors (Lipinski definition) is 12. The van der Waals surface area contributed by atoms with Crippen LogP contribution in [0.1, 0.15) is 65.7 Å². The van der Waals surface area contributed by atoms with Crippen molar-refractivity contribution in [1.82, 2.24) is 27.0 Å². The summed E-state index contributed by atoms with van der Waals surface area (Å²) in [5.74, 6) is -0.483. The van der Waals surface area contributed by atoms with Gasteiger partial charge in [0.2, 0.25) is 11.6 Å². The number of benzene rings is 6. The van der Waals surface area contributed by atoms with E-state index in [9.17, 15) is 36.9 Å². The lowest BCUT2D eigenvalue weighted by Crippen LogP contribution is -2.22. The normalized spacial score (nSPS) is 12.2. The number of ketones is 2. The first-order valence-electron chi connectivity index (χ1n) is 26.9. The standard InChI is InChI=1S/2C31H31BrN4O4SSi/c1-20-6-9-23(10-7-20)41(38,39)36-13-12-24-28(25(32)16-21(2)29(24)36)30(37)31-34-26-17-22(18-33)8-11-27(26)35(31)19-40-14-15-42(3,4)5;1-20-6-9-23(10-7-20)41(38,39)36-13-12-24-28(25(32)16-21(2)29(24)36)30(37)31-34-26-11-8-22(18-33)17-27(26)35(31)19-40-14-15-42(3,4)5/h2*6-13,16-17H,14-15,19H2,1-5H3. The lowest BCUT2D eigenvalue weighted by molar-refractivity contribution is 0.0834. The highest BCUT2D eigenvalue weighted by atomic mass is 79.9. The summed E-state index contributed by atoms with van der Waals surface area (Å²) >= 11 is 7.14. The second kappa shape index (κ2) is 24.1. The molecule has 0 atom stereocenters. The van der Waals surface area contributed by atoms with Gasteiger partial charge in [-0.25, -0.2) is 34.7 Å². The molecule has 0 fully saturated rings. The molecule has 16 nitrogen and oxygen atoms in total. The molecule has 0 amide bonds. The number of carbonyl (C=O) groups excluding carboxylic acids is 2. The van der Waals surface area contributed by atoms with Gasteiger partial charge in [-0.1, -0.05) is 74.7 Å². The van der Waals surface area contributed by atoms with E-state index in [4.69, 9.17) is 9.47 Å². The molecule has 6 aromatic carbocycles. The van der Waals surface area contributed by atoms with E-state index in [-0.39, 0.29) is 46.5 Å². The zero-order valence-corrected chi connectivity index (χ0v) is 55.0. The van der Waals surface area contributed by atoms with E-state index in [1.165, 1.54) is 20.3 Å². The van der Waals surface area contributed by atoms with Crippen LogP contribution in [-0.2, 0) is 43.0 Å². The number of aryl methyl sites for hydroxylation is 4. The van der Waals surface area contributed by atoms with Crippen LogP contribution in [0.15, 0.2) is 140 Å². The highest BCUT2D eigenvalue weighted by Crippen LogP contribution is 2.37. The minimum Gasteiger partial charge on any atom is -0.361 e. The second-order valence-electron chi connectivity index (χ2n) is 23.2. The fourth-order valence-electron chi connectivity index (χ4n) is 9.72. The van der Waals surface area contributed by atoms with E-state index in [1.54, 1.807) is 118 Å². The van der Waals surface area contributed by atoms with Crippen LogP contribution >= 0.6 is 31.9 Å². The minimum atomic E-state index is -3.92.